The van der Waals surface area contributed by atoms with Gasteiger partial charge in [-0.05, 0) is 43.3 Å². The number of methoxy groups -OCH3 is 1. The van der Waals surface area contributed by atoms with E-state index in [2.05, 4.69) is 14.8 Å². The summed E-state index contributed by atoms with van der Waals surface area (Å²) in [5.74, 6) is 1.02. The van der Waals surface area contributed by atoms with Crippen molar-refractivity contribution in [3.8, 4) is 5.75 Å². The average Bonchev–Trinajstić information content (AvgIpc) is 2.73. The molecule has 0 spiro atoms. The summed E-state index contributed by atoms with van der Waals surface area (Å²) in [4.78, 5) is 21.3. The zero-order valence-electron chi connectivity index (χ0n) is 16.5. The van der Waals surface area contributed by atoms with Crippen molar-refractivity contribution < 1.29 is 17.9 Å². The van der Waals surface area contributed by atoms with Gasteiger partial charge in [-0.25, -0.2) is 18.5 Å². The Hall–Kier alpha value is -2.49. The summed E-state index contributed by atoms with van der Waals surface area (Å²) < 4.78 is 28.4. The summed E-state index contributed by atoms with van der Waals surface area (Å²) in [6, 6.07) is 10.2. The van der Waals surface area contributed by atoms with E-state index in [0.29, 0.717) is 18.4 Å². The first-order valence-corrected chi connectivity index (χ1v) is 11.1. The number of carbonyl (C=O) groups excluding carboxylic acids is 1. The molecule has 2 N–H and O–H groups in total. The lowest BCUT2D eigenvalue weighted by atomic mass is 10.1. The number of hydrogen-bond donors (Lipinski definition) is 1. The molecule has 29 heavy (non-hydrogen) atoms. The summed E-state index contributed by atoms with van der Waals surface area (Å²) in [5, 5.41) is 5.22. The predicted octanol–water partition coefficient (Wildman–Crippen LogP) is 1.52. The van der Waals surface area contributed by atoms with Crippen LogP contribution in [0.1, 0.15) is 23.2 Å². The van der Waals surface area contributed by atoms with Gasteiger partial charge in [0.15, 0.2) is 5.78 Å². The third kappa shape index (κ3) is 5.53. The number of benzene rings is 1. The first-order chi connectivity index (χ1) is 13.9. The Bertz CT molecular complexity index is 942. The number of nitrogens with zero attached hydrogens (tertiary/aromatic N) is 3. The van der Waals surface area contributed by atoms with Gasteiger partial charge >= 0.3 is 0 Å². The minimum absolute atomic E-state index is 0.107. The van der Waals surface area contributed by atoms with Crippen LogP contribution in [-0.2, 0) is 10.0 Å². The van der Waals surface area contributed by atoms with E-state index in [1.54, 1.807) is 12.3 Å². The van der Waals surface area contributed by atoms with Crippen LogP contribution >= 0.6 is 0 Å². The Morgan fingerprint density at radius 2 is 1.93 bits per heavy atom. The van der Waals surface area contributed by atoms with E-state index in [9.17, 15) is 13.2 Å². The molecule has 8 nitrogen and oxygen atoms in total. The highest BCUT2D eigenvalue weighted by molar-refractivity contribution is 7.89. The summed E-state index contributed by atoms with van der Waals surface area (Å²) in [7, 11) is -2.60. The first kappa shape index (κ1) is 21.2. The lowest BCUT2D eigenvalue weighted by molar-refractivity contribution is 0.0974. The number of pyridine rings is 1. The van der Waals surface area contributed by atoms with Gasteiger partial charge in [-0.1, -0.05) is 6.07 Å². The smallest absolute Gasteiger partial charge is 0.241 e. The molecule has 0 radical (unpaired) electrons. The molecule has 0 unspecified atom stereocenters. The van der Waals surface area contributed by atoms with Crippen molar-refractivity contribution in [1.29, 1.82) is 0 Å². The molecule has 0 amide bonds. The molecular weight excluding hydrogens is 392 g/mol. The molecule has 1 saturated heterocycles. The van der Waals surface area contributed by atoms with Crippen LogP contribution in [0.15, 0.2) is 47.5 Å². The highest BCUT2D eigenvalue weighted by Gasteiger charge is 2.20. The van der Waals surface area contributed by atoms with Crippen molar-refractivity contribution in [2.24, 2.45) is 5.14 Å². The fraction of sp³-hybridized carbons (Fsp3) is 0.400. The molecule has 1 aliphatic heterocycles. The van der Waals surface area contributed by atoms with Crippen molar-refractivity contribution in [3.63, 3.8) is 0 Å². The Labute approximate surface area is 171 Å². The number of nitrogens with two attached hydrogens (primary N) is 1. The molecular formula is C20H26N4O4S. The number of carbonyl (C=O) groups is 1. The fourth-order valence-electron chi connectivity index (χ4n) is 3.42. The van der Waals surface area contributed by atoms with E-state index in [0.717, 1.165) is 38.5 Å². The maximum atomic E-state index is 12.5. The monoisotopic (exact) mass is 418 g/mol. The number of anilines is 1. The van der Waals surface area contributed by atoms with Gasteiger partial charge < -0.3 is 9.64 Å². The largest absolute Gasteiger partial charge is 0.495 e. The Balaban J connectivity index is 1.49. The molecule has 0 bridgehead atoms. The van der Waals surface area contributed by atoms with Crippen LogP contribution in [0.4, 0.5) is 5.82 Å². The number of piperazine rings is 1. The van der Waals surface area contributed by atoms with Crippen molar-refractivity contribution >= 4 is 21.6 Å². The van der Waals surface area contributed by atoms with E-state index in [1.807, 2.05) is 18.2 Å². The molecule has 2 heterocycles. The average molecular weight is 419 g/mol. The summed E-state index contributed by atoms with van der Waals surface area (Å²) >= 11 is 0. The Morgan fingerprint density at radius 1 is 1.17 bits per heavy atom. The molecule has 0 saturated carbocycles. The van der Waals surface area contributed by atoms with Crippen LogP contribution in [0.5, 0.6) is 5.75 Å². The second-order valence-corrected chi connectivity index (χ2v) is 8.48. The second kappa shape index (κ2) is 9.34. The summed E-state index contributed by atoms with van der Waals surface area (Å²) in [6.07, 6.45) is 2.85. The third-order valence-electron chi connectivity index (χ3n) is 5.02. The van der Waals surface area contributed by atoms with Gasteiger partial charge in [-0.2, -0.15) is 0 Å². The lowest BCUT2D eigenvalue weighted by Gasteiger charge is -2.35. The number of rotatable bonds is 8. The quantitative estimate of drug-likeness (QED) is 0.648. The van der Waals surface area contributed by atoms with Gasteiger partial charge in [-0.15, -0.1) is 0 Å². The van der Waals surface area contributed by atoms with Crippen LogP contribution in [0, 0.1) is 0 Å². The van der Waals surface area contributed by atoms with Crippen LogP contribution in [0.2, 0.25) is 0 Å². The number of Topliss-reactive ketones (excluding diaryl/α,β-unsaturated/α-hetero) is 1. The van der Waals surface area contributed by atoms with Crippen LogP contribution < -0.4 is 14.8 Å². The van der Waals surface area contributed by atoms with Crippen molar-refractivity contribution in [3.05, 3.63) is 48.2 Å². The van der Waals surface area contributed by atoms with Gasteiger partial charge in [0.25, 0.3) is 0 Å². The molecule has 3 rings (SSSR count). The standard InChI is InChI=1S/C20H26N4O4S/c1-28-18-8-7-16(15-19(18)29(21,26)27)17(25)5-4-10-23-11-13-24(14-12-23)20-6-2-3-9-22-20/h2-3,6-9,15H,4-5,10-14H2,1H3,(H2,21,26,27). The van der Waals surface area contributed by atoms with E-state index >= 15 is 0 Å². The normalized spacial score (nSPS) is 15.3. The van der Waals surface area contributed by atoms with E-state index in [1.165, 1.54) is 19.2 Å². The fourth-order valence-corrected chi connectivity index (χ4v) is 4.14. The van der Waals surface area contributed by atoms with Crippen LogP contribution in [-0.4, -0.2) is 63.9 Å². The summed E-state index contributed by atoms with van der Waals surface area (Å²) in [6.45, 7) is 4.47. The predicted molar refractivity (Wildman–Crippen MR) is 111 cm³/mol. The molecule has 0 atom stereocenters. The summed E-state index contributed by atoms with van der Waals surface area (Å²) in [5.41, 5.74) is 0.329. The minimum Gasteiger partial charge on any atom is -0.495 e. The lowest BCUT2D eigenvalue weighted by Crippen LogP contribution is -2.46. The van der Waals surface area contributed by atoms with Crippen LogP contribution in [0.25, 0.3) is 0 Å². The molecule has 0 aliphatic carbocycles. The van der Waals surface area contributed by atoms with E-state index < -0.39 is 10.0 Å². The number of ketones is 1. The second-order valence-electron chi connectivity index (χ2n) is 6.95. The third-order valence-corrected chi connectivity index (χ3v) is 5.95. The van der Waals surface area contributed by atoms with Gasteiger partial charge in [-0.3, -0.25) is 9.69 Å². The Kier molecular flexibility index (Phi) is 6.83. The van der Waals surface area contributed by atoms with Crippen LogP contribution in [0.3, 0.4) is 0 Å². The maximum Gasteiger partial charge on any atom is 0.241 e. The number of primary sulfonamides is 1. The number of ether oxygens (including phenoxy) is 1. The maximum absolute atomic E-state index is 12.5. The molecule has 156 valence electrons. The number of hydrogen-bond acceptors (Lipinski definition) is 7. The first-order valence-electron chi connectivity index (χ1n) is 9.51. The van der Waals surface area contributed by atoms with E-state index in [-0.39, 0.29) is 16.4 Å². The topological polar surface area (TPSA) is 106 Å². The highest BCUT2D eigenvalue weighted by Crippen LogP contribution is 2.24. The highest BCUT2D eigenvalue weighted by atomic mass is 32.2. The molecule has 1 fully saturated rings. The number of sulfonamides is 1. The van der Waals surface area contributed by atoms with Gasteiger partial charge in [0.1, 0.15) is 16.5 Å². The zero-order chi connectivity index (χ0) is 20.9. The van der Waals surface area contributed by atoms with Crippen molar-refractivity contribution in [2.45, 2.75) is 17.7 Å². The zero-order valence-corrected chi connectivity index (χ0v) is 17.3. The van der Waals surface area contributed by atoms with Gasteiger partial charge in [0.05, 0.1) is 7.11 Å². The van der Waals surface area contributed by atoms with Crippen molar-refractivity contribution in [1.82, 2.24) is 9.88 Å². The Morgan fingerprint density at radius 3 is 2.55 bits per heavy atom. The van der Waals surface area contributed by atoms with Gasteiger partial charge in [0.2, 0.25) is 10.0 Å². The molecule has 9 heteroatoms. The molecule has 2 aromatic rings. The van der Waals surface area contributed by atoms with Gasteiger partial charge in [0, 0.05) is 44.4 Å². The van der Waals surface area contributed by atoms with E-state index in [4.69, 9.17) is 9.88 Å². The molecule has 1 aliphatic rings. The number of aromatic nitrogens is 1. The SMILES string of the molecule is COc1ccc(C(=O)CCCN2CCN(c3ccccn3)CC2)cc1S(N)(=O)=O. The minimum atomic E-state index is -3.96. The molecule has 1 aromatic heterocycles. The molecule has 1 aromatic carbocycles. The van der Waals surface area contributed by atoms with Crippen molar-refractivity contribution in [2.75, 3.05) is 44.7 Å².